The van der Waals surface area contributed by atoms with Crippen molar-refractivity contribution in [2.45, 2.75) is 12.1 Å². The molecule has 1 amide bonds. The molecule has 5 nitrogen and oxygen atoms in total. The summed E-state index contributed by atoms with van der Waals surface area (Å²) in [6.07, 6.45) is 0. The highest BCUT2D eigenvalue weighted by molar-refractivity contribution is 7.99. The first-order chi connectivity index (χ1) is 14.4. The molecular formula is C21H15ClFN3O2S2. The molecule has 2 heterocycles. The maximum atomic E-state index is 13.9. The van der Waals surface area contributed by atoms with Gasteiger partial charge in [0.25, 0.3) is 5.56 Å². The summed E-state index contributed by atoms with van der Waals surface area (Å²) >= 11 is 8.18. The van der Waals surface area contributed by atoms with Crippen molar-refractivity contribution in [3.05, 3.63) is 80.7 Å². The molecule has 0 bridgehead atoms. The van der Waals surface area contributed by atoms with Crippen LogP contribution in [0.2, 0.25) is 5.02 Å². The smallest absolute Gasteiger partial charge is 0.276 e. The first-order valence-electron chi connectivity index (χ1n) is 8.88. The fraction of sp³-hybridized carbons (Fsp3) is 0.0952. The van der Waals surface area contributed by atoms with Crippen molar-refractivity contribution in [1.82, 2.24) is 9.55 Å². The highest BCUT2D eigenvalue weighted by atomic mass is 35.5. The molecule has 0 atom stereocenters. The molecule has 0 aliphatic rings. The molecule has 30 heavy (non-hydrogen) atoms. The van der Waals surface area contributed by atoms with Gasteiger partial charge in [-0.05, 0) is 48.2 Å². The molecule has 4 rings (SSSR count). The van der Waals surface area contributed by atoms with Gasteiger partial charge >= 0.3 is 0 Å². The number of hydrogen-bond acceptors (Lipinski definition) is 5. The van der Waals surface area contributed by atoms with E-state index < -0.39 is 11.7 Å². The van der Waals surface area contributed by atoms with Crippen LogP contribution in [0.4, 0.5) is 10.1 Å². The highest BCUT2D eigenvalue weighted by Gasteiger charge is 2.17. The van der Waals surface area contributed by atoms with E-state index in [-0.39, 0.29) is 22.0 Å². The van der Waals surface area contributed by atoms with Crippen molar-refractivity contribution in [1.29, 1.82) is 0 Å². The number of nitrogens with zero attached hydrogens (tertiary/aromatic N) is 2. The maximum Gasteiger partial charge on any atom is 0.276 e. The molecule has 0 fully saturated rings. The van der Waals surface area contributed by atoms with Gasteiger partial charge in [0.2, 0.25) is 5.91 Å². The predicted molar refractivity (Wildman–Crippen MR) is 121 cm³/mol. The van der Waals surface area contributed by atoms with Crippen LogP contribution in [0.5, 0.6) is 0 Å². The van der Waals surface area contributed by atoms with Crippen molar-refractivity contribution in [3.63, 3.8) is 0 Å². The van der Waals surface area contributed by atoms with Gasteiger partial charge in [-0.15, -0.1) is 11.3 Å². The van der Waals surface area contributed by atoms with Crippen LogP contribution in [0, 0.1) is 12.7 Å². The molecule has 2 aromatic heterocycles. The van der Waals surface area contributed by atoms with Crippen LogP contribution in [-0.4, -0.2) is 21.2 Å². The average molecular weight is 460 g/mol. The Morgan fingerprint density at radius 1 is 1.27 bits per heavy atom. The van der Waals surface area contributed by atoms with Gasteiger partial charge in [0.15, 0.2) is 5.16 Å². The van der Waals surface area contributed by atoms with Crippen molar-refractivity contribution in [3.8, 4) is 5.69 Å². The number of para-hydroxylation sites is 1. The summed E-state index contributed by atoms with van der Waals surface area (Å²) in [5.41, 5.74) is 2.06. The summed E-state index contributed by atoms with van der Waals surface area (Å²) < 4.78 is 16.0. The van der Waals surface area contributed by atoms with Gasteiger partial charge in [-0.2, -0.15) is 0 Å². The van der Waals surface area contributed by atoms with Crippen LogP contribution in [0.25, 0.3) is 15.9 Å². The third-order valence-electron chi connectivity index (χ3n) is 4.34. The molecule has 4 aromatic rings. The lowest BCUT2D eigenvalue weighted by Crippen LogP contribution is -2.23. The average Bonchev–Trinajstić information content (AvgIpc) is 3.18. The van der Waals surface area contributed by atoms with Crippen LogP contribution >= 0.6 is 34.7 Å². The van der Waals surface area contributed by atoms with E-state index in [2.05, 4.69) is 10.3 Å². The lowest BCUT2D eigenvalue weighted by Gasteiger charge is -2.14. The Morgan fingerprint density at radius 2 is 2.07 bits per heavy atom. The van der Waals surface area contributed by atoms with Gasteiger partial charge in [-0.1, -0.05) is 41.6 Å². The maximum absolute atomic E-state index is 13.9. The summed E-state index contributed by atoms with van der Waals surface area (Å²) in [5.74, 6) is -1.08. The van der Waals surface area contributed by atoms with Gasteiger partial charge in [0.05, 0.1) is 22.6 Å². The van der Waals surface area contributed by atoms with Gasteiger partial charge in [-0.25, -0.2) is 9.37 Å². The van der Waals surface area contributed by atoms with Crippen molar-refractivity contribution in [2.24, 2.45) is 0 Å². The molecule has 9 heteroatoms. The quantitative estimate of drug-likeness (QED) is 0.326. The molecule has 0 saturated carbocycles. The number of benzene rings is 2. The molecule has 0 saturated heterocycles. The molecule has 0 unspecified atom stereocenters. The van der Waals surface area contributed by atoms with Crippen molar-refractivity contribution < 1.29 is 9.18 Å². The number of anilines is 1. The van der Waals surface area contributed by atoms with E-state index in [4.69, 9.17) is 11.6 Å². The number of rotatable bonds is 5. The van der Waals surface area contributed by atoms with E-state index in [1.54, 1.807) is 6.07 Å². The van der Waals surface area contributed by atoms with E-state index >= 15 is 0 Å². The molecule has 1 N–H and O–H groups in total. The van der Waals surface area contributed by atoms with Crippen LogP contribution in [0.1, 0.15) is 5.56 Å². The second-order valence-electron chi connectivity index (χ2n) is 6.42. The Morgan fingerprint density at radius 3 is 2.83 bits per heavy atom. The van der Waals surface area contributed by atoms with Gasteiger partial charge in [-0.3, -0.25) is 14.2 Å². The Labute approximate surface area is 184 Å². The SMILES string of the molecule is Cc1ccccc1-n1c(SCC(=O)Nc2ccc(Cl)cc2F)nc2ccsc2c1=O. The lowest BCUT2D eigenvalue weighted by molar-refractivity contribution is -0.113. The third-order valence-corrected chi connectivity index (χ3v) is 6.41. The number of fused-ring (bicyclic) bond motifs is 1. The van der Waals surface area contributed by atoms with Crippen LogP contribution < -0.4 is 10.9 Å². The number of thiophene rings is 1. The van der Waals surface area contributed by atoms with E-state index in [9.17, 15) is 14.0 Å². The minimum absolute atomic E-state index is 0.0440. The number of hydrogen-bond donors (Lipinski definition) is 1. The summed E-state index contributed by atoms with van der Waals surface area (Å²) in [6, 6.07) is 13.3. The Kier molecular flexibility index (Phi) is 5.90. The number of thioether (sulfide) groups is 1. The molecule has 2 aromatic carbocycles. The zero-order chi connectivity index (χ0) is 21.3. The number of halogens is 2. The Hall–Kier alpha value is -2.68. The molecule has 0 aliphatic carbocycles. The largest absolute Gasteiger partial charge is 0.323 e. The zero-order valence-corrected chi connectivity index (χ0v) is 18.1. The predicted octanol–water partition coefficient (Wildman–Crippen LogP) is 5.28. The number of aromatic nitrogens is 2. The normalized spacial score (nSPS) is 11.0. The first kappa shape index (κ1) is 20.6. The molecule has 0 spiro atoms. The third kappa shape index (κ3) is 4.12. The van der Waals surface area contributed by atoms with Crippen LogP contribution in [-0.2, 0) is 4.79 Å². The monoisotopic (exact) mass is 459 g/mol. The summed E-state index contributed by atoms with van der Waals surface area (Å²) in [6.45, 7) is 1.91. The molecular weight excluding hydrogens is 445 g/mol. The van der Waals surface area contributed by atoms with Gasteiger partial charge in [0, 0.05) is 5.02 Å². The number of amides is 1. The molecule has 152 valence electrons. The number of carbonyl (C=O) groups is 1. The van der Waals surface area contributed by atoms with E-state index in [1.165, 1.54) is 28.0 Å². The van der Waals surface area contributed by atoms with Crippen molar-refractivity contribution >= 4 is 56.5 Å². The van der Waals surface area contributed by atoms with Crippen LogP contribution in [0.15, 0.2) is 63.9 Å². The lowest BCUT2D eigenvalue weighted by atomic mass is 10.2. The summed E-state index contributed by atoms with van der Waals surface area (Å²) in [7, 11) is 0. The standard InChI is InChI=1S/C21H15ClFN3O2S2/c1-12-4-2-3-5-17(12)26-20(28)19-16(8-9-29-19)25-21(26)30-11-18(27)24-15-7-6-13(22)10-14(15)23/h2-10H,11H2,1H3,(H,24,27). The second kappa shape index (κ2) is 8.59. The molecule has 0 radical (unpaired) electrons. The van der Waals surface area contributed by atoms with Crippen molar-refractivity contribution in [2.75, 3.05) is 11.1 Å². The second-order valence-corrected chi connectivity index (χ2v) is 8.71. The minimum atomic E-state index is -0.615. The topological polar surface area (TPSA) is 64.0 Å². The van der Waals surface area contributed by atoms with Gasteiger partial charge < -0.3 is 5.32 Å². The fourth-order valence-corrected chi connectivity index (χ4v) is 4.65. The first-order valence-corrected chi connectivity index (χ1v) is 11.1. The van der Waals surface area contributed by atoms with Gasteiger partial charge in [0.1, 0.15) is 10.5 Å². The molecule has 0 aliphatic heterocycles. The van der Waals surface area contributed by atoms with E-state index in [1.807, 2.05) is 36.6 Å². The Bertz CT molecular complexity index is 1320. The minimum Gasteiger partial charge on any atom is -0.323 e. The summed E-state index contributed by atoms with van der Waals surface area (Å²) in [4.78, 5) is 30.1. The zero-order valence-electron chi connectivity index (χ0n) is 15.7. The van der Waals surface area contributed by atoms with E-state index in [0.717, 1.165) is 23.4 Å². The number of carbonyl (C=O) groups excluding carboxylic acids is 1. The summed E-state index contributed by atoms with van der Waals surface area (Å²) in [5, 5.41) is 4.97. The number of nitrogens with one attached hydrogen (secondary N) is 1. The van der Waals surface area contributed by atoms with Crippen LogP contribution in [0.3, 0.4) is 0 Å². The van der Waals surface area contributed by atoms with E-state index in [0.29, 0.717) is 21.1 Å². The highest BCUT2D eigenvalue weighted by Crippen LogP contribution is 2.25. The fourth-order valence-electron chi connectivity index (χ4n) is 2.92. The Balaban J connectivity index is 1.65. The number of aryl methyl sites for hydroxylation is 1.